The molecule has 0 aliphatic carbocycles. The molecular formula is C22H13BrCl2O5. The average molecular weight is 508 g/mol. The van der Waals surface area contributed by atoms with Gasteiger partial charge in [0.15, 0.2) is 12.4 Å². The molecule has 0 atom stereocenters. The van der Waals surface area contributed by atoms with Gasteiger partial charge in [0, 0.05) is 10.0 Å². The van der Waals surface area contributed by atoms with Crippen LogP contribution in [0.25, 0.3) is 0 Å². The zero-order chi connectivity index (χ0) is 21.7. The average Bonchev–Trinajstić information content (AvgIpc) is 2.74. The molecule has 0 heterocycles. The van der Waals surface area contributed by atoms with Gasteiger partial charge in [0.25, 0.3) is 0 Å². The molecule has 5 nitrogen and oxygen atoms in total. The number of benzene rings is 3. The van der Waals surface area contributed by atoms with Crippen LogP contribution in [0.2, 0.25) is 10.0 Å². The first-order valence-corrected chi connectivity index (χ1v) is 10.1. The van der Waals surface area contributed by atoms with E-state index in [9.17, 15) is 14.4 Å². The standard InChI is InChI=1S/C22H13BrCl2O5/c23-16-6-1-14(2-7-16)21(27)29-12-20(26)13-3-8-17(9-4-13)30-22(28)15-5-10-18(24)19(25)11-15/h1-11H,12H2. The van der Waals surface area contributed by atoms with Crippen molar-refractivity contribution in [2.45, 2.75) is 0 Å². The Morgan fingerprint density at radius 3 is 1.97 bits per heavy atom. The number of carbonyl (C=O) groups is 3. The molecule has 0 spiro atoms. The van der Waals surface area contributed by atoms with E-state index in [0.29, 0.717) is 16.1 Å². The molecule has 3 aromatic carbocycles. The number of hydrogen-bond donors (Lipinski definition) is 0. The summed E-state index contributed by atoms with van der Waals surface area (Å²) < 4.78 is 11.1. The van der Waals surface area contributed by atoms with Crippen LogP contribution in [0.15, 0.2) is 71.2 Å². The Labute approximate surface area is 190 Å². The third kappa shape index (κ3) is 5.69. The van der Waals surface area contributed by atoms with E-state index in [1.807, 2.05) is 0 Å². The van der Waals surface area contributed by atoms with E-state index in [4.69, 9.17) is 32.7 Å². The predicted octanol–water partition coefficient (Wildman–Crippen LogP) is 6.01. The lowest BCUT2D eigenvalue weighted by atomic mass is 10.1. The summed E-state index contributed by atoms with van der Waals surface area (Å²) >= 11 is 15.0. The summed E-state index contributed by atoms with van der Waals surface area (Å²) in [6.45, 7) is -0.405. The summed E-state index contributed by atoms with van der Waals surface area (Å²) in [6, 6.07) is 16.9. The van der Waals surface area contributed by atoms with Crippen molar-refractivity contribution in [2.75, 3.05) is 6.61 Å². The minimum atomic E-state index is -0.615. The van der Waals surface area contributed by atoms with E-state index in [-0.39, 0.29) is 22.1 Å². The largest absolute Gasteiger partial charge is 0.454 e. The maximum atomic E-state index is 12.2. The van der Waals surface area contributed by atoms with Crippen molar-refractivity contribution < 1.29 is 23.9 Å². The second-order valence-electron chi connectivity index (χ2n) is 6.05. The second kappa shape index (κ2) is 9.89. The Morgan fingerprint density at radius 1 is 0.733 bits per heavy atom. The maximum Gasteiger partial charge on any atom is 0.343 e. The van der Waals surface area contributed by atoms with E-state index >= 15 is 0 Å². The summed E-state index contributed by atoms with van der Waals surface area (Å²) in [6.07, 6.45) is 0. The van der Waals surface area contributed by atoms with Crippen molar-refractivity contribution in [3.63, 3.8) is 0 Å². The summed E-state index contributed by atoms with van der Waals surface area (Å²) in [4.78, 5) is 36.4. The van der Waals surface area contributed by atoms with Gasteiger partial charge in [-0.3, -0.25) is 4.79 Å². The van der Waals surface area contributed by atoms with Crippen LogP contribution >= 0.6 is 39.1 Å². The van der Waals surface area contributed by atoms with E-state index in [1.54, 1.807) is 24.3 Å². The van der Waals surface area contributed by atoms with Gasteiger partial charge in [0.05, 0.1) is 21.2 Å². The molecule has 0 saturated carbocycles. The molecule has 0 fully saturated rings. The van der Waals surface area contributed by atoms with Crippen molar-refractivity contribution in [1.29, 1.82) is 0 Å². The molecule has 152 valence electrons. The summed E-state index contributed by atoms with van der Waals surface area (Å²) in [5, 5.41) is 0.571. The first-order valence-electron chi connectivity index (χ1n) is 8.56. The molecule has 0 bridgehead atoms. The third-order valence-electron chi connectivity index (χ3n) is 3.96. The van der Waals surface area contributed by atoms with Gasteiger partial charge in [-0.05, 0) is 66.7 Å². The maximum absolute atomic E-state index is 12.2. The van der Waals surface area contributed by atoms with Crippen molar-refractivity contribution >= 4 is 56.9 Å². The first-order chi connectivity index (χ1) is 14.3. The molecule has 0 N–H and O–H groups in total. The molecule has 0 amide bonds. The number of carbonyl (C=O) groups excluding carboxylic acids is 3. The van der Waals surface area contributed by atoms with E-state index < -0.39 is 18.5 Å². The highest BCUT2D eigenvalue weighted by Crippen LogP contribution is 2.23. The van der Waals surface area contributed by atoms with Gasteiger partial charge < -0.3 is 9.47 Å². The highest BCUT2D eigenvalue weighted by atomic mass is 79.9. The van der Waals surface area contributed by atoms with Crippen molar-refractivity contribution in [3.8, 4) is 5.75 Å². The van der Waals surface area contributed by atoms with Gasteiger partial charge in [-0.2, -0.15) is 0 Å². The minimum Gasteiger partial charge on any atom is -0.454 e. The molecule has 0 aliphatic heterocycles. The summed E-state index contributed by atoms with van der Waals surface area (Å²) in [7, 11) is 0. The van der Waals surface area contributed by atoms with Crippen LogP contribution in [0, 0.1) is 0 Å². The lowest BCUT2D eigenvalue weighted by Crippen LogP contribution is -2.14. The normalized spacial score (nSPS) is 10.4. The topological polar surface area (TPSA) is 69.7 Å². The SMILES string of the molecule is O=C(COC(=O)c1ccc(Br)cc1)c1ccc(OC(=O)c2ccc(Cl)c(Cl)c2)cc1. The van der Waals surface area contributed by atoms with Crippen LogP contribution in [-0.4, -0.2) is 24.3 Å². The number of hydrogen-bond acceptors (Lipinski definition) is 5. The second-order valence-corrected chi connectivity index (χ2v) is 7.78. The zero-order valence-corrected chi connectivity index (χ0v) is 18.3. The Hall–Kier alpha value is -2.67. The molecule has 0 unspecified atom stereocenters. The fourth-order valence-electron chi connectivity index (χ4n) is 2.38. The number of esters is 2. The van der Waals surface area contributed by atoms with Crippen LogP contribution in [-0.2, 0) is 4.74 Å². The highest BCUT2D eigenvalue weighted by molar-refractivity contribution is 9.10. The van der Waals surface area contributed by atoms with Gasteiger partial charge in [0.2, 0.25) is 0 Å². The summed E-state index contributed by atoms with van der Waals surface area (Å²) in [5.41, 5.74) is 0.896. The molecule has 0 radical (unpaired) electrons. The van der Waals surface area contributed by atoms with Crippen molar-refractivity contribution in [2.24, 2.45) is 0 Å². The zero-order valence-electron chi connectivity index (χ0n) is 15.2. The van der Waals surface area contributed by atoms with Crippen LogP contribution in [0.3, 0.4) is 0 Å². The van der Waals surface area contributed by atoms with E-state index in [2.05, 4.69) is 15.9 Å². The van der Waals surface area contributed by atoms with Crippen LogP contribution in [0.5, 0.6) is 5.75 Å². The number of ether oxygens (including phenoxy) is 2. The lowest BCUT2D eigenvalue weighted by Gasteiger charge is -2.07. The number of rotatable bonds is 6. The van der Waals surface area contributed by atoms with E-state index in [0.717, 1.165) is 4.47 Å². The number of Topliss-reactive ketones (excluding diaryl/α,β-unsaturated/α-hetero) is 1. The van der Waals surface area contributed by atoms with Crippen LogP contribution in [0.4, 0.5) is 0 Å². The minimum absolute atomic E-state index is 0.240. The molecule has 30 heavy (non-hydrogen) atoms. The van der Waals surface area contributed by atoms with Gasteiger partial charge in [-0.1, -0.05) is 39.1 Å². The molecule has 0 saturated heterocycles. The highest BCUT2D eigenvalue weighted by Gasteiger charge is 2.14. The molecule has 3 aromatic rings. The Morgan fingerprint density at radius 2 is 1.33 bits per heavy atom. The Kier molecular flexibility index (Phi) is 7.26. The van der Waals surface area contributed by atoms with Gasteiger partial charge in [0.1, 0.15) is 5.75 Å². The van der Waals surface area contributed by atoms with Gasteiger partial charge in [-0.15, -0.1) is 0 Å². The number of ketones is 1. The van der Waals surface area contributed by atoms with E-state index in [1.165, 1.54) is 42.5 Å². The van der Waals surface area contributed by atoms with Gasteiger partial charge in [-0.25, -0.2) is 9.59 Å². The molecular weight excluding hydrogens is 495 g/mol. The van der Waals surface area contributed by atoms with Crippen LogP contribution in [0.1, 0.15) is 31.1 Å². The smallest absolute Gasteiger partial charge is 0.343 e. The fourth-order valence-corrected chi connectivity index (χ4v) is 2.94. The van der Waals surface area contributed by atoms with Crippen LogP contribution < -0.4 is 4.74 Å². The fraction of sp³-hybridized carbons (Fsp3) is 0.0455. The lowest BCUT2D eigenvalue weighted by molar-refractivity contribution is 0.0474. The van der Waals surface area contributed by atoms with Crippen molar-refractivity contribution in [3.05, 3.63) is 97.9 Å². The quantitative estimate of drug-likeness (QED) is 0.232. The predicted molar refractivity (Wildman–Crippen MR) is 117 cm³/mol. The Bertz CT molecular complexity index is 1100. The summed E-state index contributed by atoms with van der Waals surface area (Å²) in [5.74, 6) is -1.35. The molecule has 0 aliphatic rings. The number of halogens is 3. The first kappa shape index (κ1) is 22.0. The Balaban J connectivity index is 1.57. The van der Waals surface area contributed by atoms with Crippen molar-refractivity contribution in [1.82, 2.24) is 0 Å². The third-order valence-corrected chi connectivity index (χ3v) is 5.22. The molecule has 3 rings (SSSR count). The molecule has 0 aromatic heterocycles. The molecule has 8 heteroatoms. The monoisotopic (exact) mass is 506 g/mol. The van der Waals surface area contributed by atoms with Gasteiger partial charge >= 0.3 is 11.9 Å².